The van der Waals surface area contributed by atoms with Gasteiger partial charge in [0, 0.05) is 40.0 Å². The largest absolute Gasteiger partial charge is 0.355 e. The van der Waals surface area contributed by atoms with E-state index in [2.05, 4.69) is 0 Å². The SMILES string of the molecule is CCCOCOC1COC(c2ccc(-c3ccc(-c4ccc(C=C(F)F)c(F)c4)c(Cl)c3)c(F)c2)OC1. The molecule has 1 heterocycles. The van der Waals surface area contributed by atoms with Crippen LogP contribution >= 0.6 is 11.6 Å². The highest BCUT2D eigenvalue weighted by Gasteiger charge is 2.25. The highest BCUT2D eigenvalue weighted by molar-refractivity contribution is 6.33. The van der Waals surface area contributed by atoms with Crippen molar-refractivity contribution >= 4 is 17.7 Å². The summed E-state index contributed by atoms with van der Waals surface area (Å²) in [5.74, 6) is -1.29. The average Bonchev–Trinajstić information content (AvgIpc) is 2.88. The molecular weight excluding hydrogens is 512 g/mol. The summed E-state index contributed by atoms with van der Waals surface area (Å²) in [7, 11) is 0. The van der Waals surface area contributed by atoms with E-state index in [9.17, 15) is 13.2 Å². The molecular formula is C28H25ClF4O4. The number of hydrogen-bond donors (Lipinski definition) is 0. The highest BCUT2D eigenvalue weighted by atomic mass is 35.5. The molecule has 1 aliphatic rings. The number of ether oxygens (including phenoxy) is 4. The number of rotatable bonds is 9. The van der Waals surface area contributed by atoms with E-state index in [1.165, 1.54) is 18.2 Å². The van der Waals surface area contributed by atoms with Crippen LogP contribution in [0.5, 0.6) is 0 Å². The lowest BCUT2D eigenvalue weighted by Crippen LogP contribution is -2.34. The lowest BCUT2D eigenvalue weighted by atomic mass is 9.98. The Bertz CT molecular complexity index is 1250. The number of hydrogen-bond acceptors (Lipinski definition) is 4. The predicted molar refractivity (Wildman–Crippen MR) is 133 cm³/mol. The molecule has 0 aliphatic carbocycles. The number of halogens is 5. The second-order valence-corrected chi connectivity index (χ2v) is 8.82. The monoisotopic (exact) mass is 536 g/mol. The maximum Gasteiger partial charge on any atom is 0.271 e. The van der Waals surface area contributed by atoms with Gasteiger partial charge in [0.1, 0.15) is 24.5 Å². The summed E-state index contributed by atoms with van der Waals surface area (Å²) in [5.41, 5.74) is 2.02. The lowest BCUT2D eigenvalue weighted by Gasteiger charge is -2.29. The molecule has 3 aromatic rings. The van der Waals surface area contributed by atoms with E-state index in [-0.39, 0.29) is 23.5 Å². The second-order valence-electron chi connectivity index (χ2n) is 8.42. The average molecular weight is 537 g/mol. The van der Waals surface area contributed by atoms with Crippen molar-refractivity contribution in [2.45, 2.75) is 25.7 Å². The Balaban J connectivity index is 1.44. The lowest BCUT2D eigenvalue weighted by molar-refractivity contribution is -0.244. The fourth-order valence-electron chi connectivity index (χ4n) is 3.88. The molecule has 1 aliphatic heterocycles. The van der Waals surface area contributed by atoms with Gasteiger partial charge in [0.2, 0.25) is 0 Å². The van der Waals surface area contributed by atoms with Crippen molar-refractivity contribution in [2.75, 3.05) is 26.6 Å². The molecule has 0 N–H and O–H groups in total. The maximum absolute atomic E-state index is 15.1. The molecule has 196 valence electrons. The minimum Gasteiger partial charge on any atom is -0.355 e. The maximum atomic E-state index is 15.1. The molecule has 1 saturated heterocycles. The van der Waals surface area contributed by atoms with Gasteiger partial charge in [-0.25, -0.2) is 8.78 Å². The van der Waals surface area contributed by atoms with Crippen LogP contribution in [0.15, 0.2) is 60.7 Å². The molecule has 0 unspecified atom stereocenters. The van der Waals surface area contributed by atoms with Crippen molar-refractivity contribution in [3.8, 4) is 22.3 Å². The topological polar surface area (TPSA) is 36.9 Å². The van der Waals surface area contributed by atoms with Gasteiger partial charge in [0.25, 0.3) is 6.08 Å². The Morgan fingerprint density at radius 1 is 0.946 bits per heavy atom. The first-order chi connectivity index (χ1) is 17.9. The predicted octanol–water partition coefficient (Wildman–Crippen LogP) is 8.00. The molecule has 0 spiro atoms. The van der Waals surface area contributed by atoms with E-state index in [1.54, 1.807) is 30.3 Å². The summed E-state index contributed by atoms with van der Waals surface area (Å²) in [6.07, 6.45) is -1.61. The van der Waals surface area contributed by atoms with Crippen molar-refractivity contribution in [3.63, 3.8) is 0 Å². The first-order valence-corrected chi connectivity index (χ1v) is 12.1. The van der Waals surface area contributed by atoms with Crippen molar-refractivity contribution in [1.82, 2.24) is 0 Å². The highest BCUT2D eigenvalue weighted by Crippen LogP contribution is 2.35. The molecule has 4 nitrogen and oxygen atoms in total. The molecule has 3 aromatic carbocycles. The van der Waals surface area contributed by atoms with E-state index >= 15 is 4.39 Å². The summed E-state index contributed by atoms with van der Waals surface area (Å²) in [6.45, 7) is 3.37. The molecule has 37 heavy (non-hydrogen) atoms. The van der Waals surface area contributed by atoms with Gasteiger partial charge in [0.15, 0.2) is 6.29 Å². The van der Waals surface area contributed by atoms with Gasteiger partial charge in [-0.3, -0.25) is 0 Å². The Labute approximate surface area is 217 Å². The third kappa shape index (κ3) is 6.97. The van der Waals surface area contributed by atoms with Crippen LogP contribution in [0.3, 0.4) is 0 Å². The van der Waals surface area contributed by atoms with Crippen LogP contribution in [0.4, 0.5) is 17.6 Å². The molecule has 1 fully saturated rings. The third-order valence-corrected chi connectivity index (χ3v) is 6.04. The first kappa shape index (κ1) is 27.3. The van der Waals surface area contributed by atoms with E-state index in [1.807, 2.05) is 6.92 Å². The zero-order valence-corrected chi connectivity index (χ0v) is 20.7. The molecule has 0 radical (unpaired) electrons. The van der Waals surface area contributed by atoms with Gasteiger partial charge in [0.05, 0.1) is 13.2 Å². The van der Waals surface area contributed by atoms with Crippen LogP contribution in [-0.2, 0) is 18.9 Å². The Morgan fingerprint density at radius 3 is 2.30 bits per heavy atom. The van der Waals surface area contributed by atoms with E-state index in [0.717, 1.165) is 12.5 Å². The van der Waals surface area contributed by atoms with Gasteiger partial charge in [-0.1, -0.05) is 54.9 Å². The molecule has 9 heteroatoms. The summed E-state index contributed by atoms with van der Waals surface area (Å²) >= 11 is 6.43. The zero-order chi connectivity index (χ0) is 26.4. The van der Waals surface area contributed by atoms with Crippen LogP contribution in [-0.4, -0.2) is 32.7 Å². The van der Waals surface area contributed by atoms with Crippen LogP contribution < -0.4 is 0 Å². The standard InChI is InChI=1S/C28H25ClF4O4/c1-2-9-34-16-37-21-14-35-28(36-15-21)20-6-8-23(26(31)12-20)17-5-7-22(24(29)10-17)18-3-4-19(13-27(32)33)25(30)11-18/h3-8,10-13,21,28H,2,9,14-16H2,1H3. The zero-order valence-electron chi connectivity index (χ0n) is 20.0. The molecule has 0 amide bonds. The summed E-state index contributed by atoms with van der Waals surface area (Å²) in [4.78, 5) is 0. The van der Waals surface area contributed by atoms with Crippen molar-refractivity contribution in [2.24, 2.45) is 0 Å². The second kappa shape index (κ2) is 12.7. The van der Waals surface area contributed by atoms with E-state index in [4.69, 9.17) is 30.5 Å². The molecule has 0 bridgehead atoms. The summed E-state index contributed by atoms with van der Waals surface area (Å²) < 4.78 is 76.4. The smallest absolute Gasteiger partial charge is 0.271 e. The minimum atomic E-state index is -1.99. The molecule has 4 rings (SSSR count). The normalized spacial score (nSPS) is 17.6. The van der Waals surface area contributed by atoms with Gasteiger partial charge in [-0.2, -0.15) is 8.78 Å². The van der Waals surface area contributed by atoms with Crippen molar-refractivity contribution in [1.29, 1.82) is 0 Å². The minimum absolute atomic E-state index is 0.164. The van der Waals surface area contributed by atoms with Crippen molar-refractivity contribution in [3.05, 3.63) is 88.5 Å². The van der Waals surface area contributed by atoms with Gasteiger partial charge >= 0.3 is 0 Å². The fourth-order valence-corrected chi connectivity index (χ4v) is 4.17. The van der Waals surface area contributed by atoms with E-state index in [0.29, 0.717) is 53.7 Å². The van der Waals surface area contributed by atoms with Gasteiger partial charge in [-0.05, 0) is 35.7 Å². The Morgan fingerprint density at radius 2 is 1.65 bits per heavy atom. The van der Waals surface area contributed by atoms with Crippen molar-refractivity contribution < 1.29 is 36.5 Å². The van der Waals surface area contributed by atoms with Crippen LogP contribution in [0, 0.1) is 11.6 Å². The molecule has 0 aromatic heterocycles. The van der Waals surface area contributed by atoms with Crippen LogP contribution in [0.1, 0.15) is 30.8 Å². The number of benzene rings is 3. The van der Waals surface area contributed by atoms with Gasteiger partial charge in [-0.15, -0.1) is 0 Å². The Kier molecular flexibility index (Phi) is 9.34. The quantitative estimate of drug-likeness (QED) is 0.158. The van der Waals surface area contributed by atoms with Crippen LogP contribution in [0.2, 0.25) is 5.02 Å². The summed E-state index contributed by atoms with van der Waals surface area (Å²) in [5, 5.41) is 0.258. The Hall–Kier alpha value is -2.75. The third-order valence-electron chi connectivity index (χ3n) is 5.72. The molecule has 0 atom stereocenters. The van der Waals surface area contributed by atoms with Crippen LogP contribution in [0.25, 0.3) is 28.3 Å². The fraction of sp³-hybridized carbons (Fsp3) is 0.286. The van der Waals surface area contributed by atoms with Gasteiger partial charge < -0.3 is 18.9 Å². The summed E-state index contributed by atoms with van der Waals surface area (Å²) in [6, 6.07) is 13.4. The first-order valence-electron chi connectivity index (χ1n) is 11.7. The van der Waals surface area contributed by atoms with E-state index < -0.39 is 24.0 Å². The molecule has 0 saturated carbocycles.